The molecule has 0 bridgehead atoms. The van der Waals surface area contributed by atoms with Crippen LogP contribution in [0.1, 0.15) is 5.56 Å². The molecular formula is C16H19ClN4O. The number of benzene rings is 1. The fourth-order valence-electron chi connectivity index (χ4n) is 1.78. The first kappa shape index (κ1) is 16.3. The van der Waals surface area contributed by atoms with Crippen molar-refractivity contribution in [1.29, 1.82) is 0 Å². The standard InChI is InChI=1S/C16H19ClN4O/c1-20(2)9-10-21-12-15(11-18-21)19-16(22)8-5-13-3-6-14(17)7-4-13/h3-8,11-12H,9-10H2,1-2H3,(H,19,22)/b8-5+. The molecule has 1 heterocycles. The van der Waals surface area contributed by atoms with E-state index in [-0.39, 0.29) is 5.91 Å². The first-order chi connectivity index (χ1) is 10.5. The number of carbonyl (C=O) groups excluding carboxylic acids is 1. The maximum atomic E-state index is 11.9. The van der Waals surface area contributed by atoms with Crippen LogP contribution >= 0.6 is 11.6 Å². The quantitative estimate of drug-likeness (QED) is 0.833. The molecule has 0 fully saturated rings. The van der Waals surface area contributed by atoms with Gasteiger partial charge in [-0.2, -0.15) is 5.10 Å². The summed E-state index contributed by atoms with van der Waals surface area (Å²) in [6.45, 7) is 1.68. The zero-order chi connectivity index (χ0) is 15.9. The van der Waals surface area contributed by atoms with Gasteiger partial charge in [0.2, 0.25) is 5.91 Å². The Morgan fingerprint density at radius 2 is 2.09 bits per heavy atom. The minimum absolute atomic E-state index is 0.192. The Hall–Kier alpha value is -2.11. The zero-order valence-electron chi connectivity index (χ0n) is 12.7. The Labute approximate surface area is 135 Å². The second kappa shape index (κ2) is 7.77. The molecule has 0 unspecified atom stereocenters. The fraction of sp³-hybridized carbons (Fsp3) is 0.250. The van der Waals surface area contributed by atoms with E-state index >= 15 is 0 Å². The summed E-state index contributed by atoms with van der Waals surface area (Å²) in [6.07, 6.45) is 6.68. The predicted molar refractivity (Wildman–Crippen MR) is 89.9 cm³/mol. The molecule has 1 amide bonds. The van der Waals surface area contributed by atoms with Crippen molar-refractivity contribution in [3.05, 3.63) is 53.3 Å². The van der Waals surface area contributed by atoms with Crippen LogP contribution in [-0.4, -0.2) is 41.2 Å². The van der Waals surface area contributed by atoms with Crippen molar-refractivity contribution in [1.82, 2.24) is 14.7 Å². The Morgan fingerprint density at radius 3 is 2.77 bits per heavy atom. The van der Waals surface area contributed by atoms with E-state index in [2.05, 4.69) is 15.3 Å². The number of hydrogen-bond acceptors (Lipinski definition) is 3. The van der Waals surface area contributed by atoms with E-state index < -0.39 is 0 Å². The van der Waals surface area contributed by atoms with Gasteiger partial charge in [0.05, 0.1) is 18.4 Å². The first-order valence-electron chi connectivity index (χ1n) is 6.95. The van der Waals surface area contributed by atoms with Crippen molar-refractivity contribution >= 4 is 29.3 Å². The second-order valence-electron chi connectivity index (χ2n) is 5.17. The lowest BCUT2D eigenvalue weighted by Gasteiger charge is -2.08. The average molecular weight is 319 g/mol. The van der Waals surface area contributed by atoms with Crippen LogP contribution in [0.3, 0.4) is 0 Å². The molecule has 0 radical (unpaired) electrons. The molecule has 6 heteroatoms. The highest BCUT2D eigenvalue weighted by Gasteiger charge is 2.02. The van der Waals surface area contributed by atoms with Crippen LogP contribution in [-0.2, 0) is 11.3 Å². The summed E-state index contributed by atoms with van der Waals surface area (Å²) in [5.41, 5.74) is 1.60. The fourth-order valence-corrected chi connectivity index (χ4v) is 1.91. The minimum Gasteiger partial charge on any atom is -0.320 e. The van der Waals surface area contributed by atoms with Gasteiger partial charge in [-0.05, 0) is 37.9 Å². The SMILES string of the molecule is CN(C)CCn1cc(NC(=O)/C=C/c2ccc(Cl)cc2)cn1. The molecule has 0 saturated heterocycles. The molecule has 5 nitrogen and oxygen atoms in total. The molecule has 1 aromatic heterocycles. The van der Waals surface area contributed by atoms with Gasteiger partial charge >= 0.3 is 0 Å². The Morgan fingerprint density at radius 1 is 1.36 bits per heavy atom. The molecule has 0 aliphatic rings. The summed E-state index contributed by atoms with van der Waals surface area (Å²) in [7, 11) is 4.02. The number of aromatic nitrogens is 2. The van der Waals surface area contributed by atoms with Gasteiger partial charge < -0.3 is 10.2 Å². The van der Waals surface area contributed by atoms with E-state index in [9.17, 15) is 4.79 Å². The number of likely N-dealkylation sites (N-methyl/N-ethyl adjacent to an activating group) is 1. The number of amides is 1. The third kappa shape index (κ3) is 5.35. The molecule has 0 spiro atoms. The van der Waals surface area contributed by atoms with Crippen molar-refractivity contribution in [2.24, 2.45) is 0 Å². The van der Waals surface area contributed by atoms with Crippen molar-refractivity contribution in [2.45, 2.75) is 6.54 Å². The molecule has 0 aliphatic carbocycles. The monoisotopic (exact) mass is 318 g/mol. The number of nitrogens with one attached hydrogen (secondary N) is 1. The number of carbonyl (C=O) groups is 1. The van der Waals surface area contributed by atoms with Gasteiger partial charge in [0, 0.05) is 23.8 Å². The highest BCUT2D eigenvalue weighted by Crippen LogP contribution is 2.11. The topological polar surface area (TPSA) is 50.2 Å². The molecule has 0 atom stereocenters. The second-order valence-corrected chi connectivity index (χ2v) is 5.61. The predicted octanol–water partition coefficient (Wildman–Crippen LogP) is 2.75. The van der Waals surface area contributed by atoms with Crippen LogP contribution in [0.15, 0.2) is 42.7 Å². The van der Waals surface area contributed by atoms with Gasteiger partial charge in [-0.25, -0.2) is 0 Å². The lowest BCUT2D eigenvalue weighted by atomic mass is 10.2. The molecule has 1 aromatic carbocycles. The van der Waals surface area contributed by atoms with Crippen LogP contribution in [0.4, 0.5) is 5.69 Å². The van der Waals surface area contributed by atoms with E-state index in [1.54, 1.807) is 29.1 Å². The van der Waals surface area contributed by atoms with Gasteiger partial charge in [0.25, 0.3) is 0 Å². The van der Waals surface area contributed by atoms with Crippen molar-refractivity contribution in [2.75, 3.05) is 26.0 Å². The molecule has 0 saturated carbocycles. The van der Waals surface area contributed by atoms with Crippen LogP contribution in [0.25, 0.3) is 6.08 Å². The first-order valence-corrected chi connectivity index (χ1v) is 7.32. The number of rotatable bonds is 6. The summed E-state index contributed by atoms with van der Waals surface area (Å²) in [5.74, 6) is -0.192. The molecular weight excluding hydrogens is 300 g/mol. The van der Waals surface area contributed by atoms with E-state index in [0.29, 0.717) is 10.7 Å². The Balaban J connectivity index is 1.87. The van der Waals surface area contributed by atoms with Crippen LogP contribution < -0.4 is 5.32 Å². The van der Waals surface area contributed by atoms with Crippen LogP contribution in [0.2, 0.25) is 5.02 Å². The number of anilines is 1. The van der Waals surface area contributed by atoms with E-state index in [1.807, 2.05) is 32.4 Å². The van der Waals surface area contributed by atoms with Gasteiger partial charge in [0.15, 0.2) is 0 Å². The summed E-state index contributed by atoms with van der Waals surface area (Å²) in [6, 6.07) is 7.28. The lowest BCUT2D eigenvalue weighted by molar-refractivity contribution is -0.111. The summed E-state index contributed by atoms with van der Waals surface area (Å²) in [4.78, 5) is 13.9. The van der Waals surface area contributed by atoms with E-state index in [4.69, 9.17) is 11.6 Å². The highest BCUT2D eigenvalue weighted by molar-refractivity contribution is 6.30. The Bertz CT molecular complexity index is 646. The molecule has 2 rings (SSSR count). The third-order valence-electron chi connectivity index (χ3n) is 2.97. The maximum Gasteiger partial charge on any atom is 0.248 e. The number of halogens is 1. The average Bonchev–Trinajstić information content (AvgIpc) is 2.92. The molecule has 22 heavy (non-hydrogen) atoms. The highest BCUT2D eigenvalue weighted by atomic mass is 35.5. The number of hydrogen-bond donors (Lipinski definition) is 1. The number of nitrogens with zero attached hydrogens (tertiary/aromatic N) is 3. The van der Waals surface area contributed by atoms with E-state index in [1.165, 1.54) is 6.08 Å². The van der Waals surface area contributed by atoms with E-state index in [0.717, 1.165) is 18.7 Å². The van der Waals surface area contributed by atoms with Gasteiger partial charge in [-0.15, -0.1) is 0 Å². The lowest BCUT2D eigenvalue weighted by Crippen LogP contribution is -2.18. The van der Waals surface area contributed by atoms with Gasteiger partial charge in [0.1, 0.15) is 0 Å². The summed E-state index contributed by atoms with van der Waals surface area (Å²) < 4.78 is 1.80. The summed E-state index contributed by atoms with van der Waals surface area (Å²) >= 11 is 5.81. The smallest absolute Gasteiger partial charge is 0.248 e. The van der Waals surface area contributed by atoms with Gasteiger partial charge in [-0.1, -0.05) is 23.7 Å². The van der Waals surface area contributed by atoms with Crippen molar-refractivity contribution in [3.63, 3.8) is 0 Å². The molecule has 116 valence electrons. The van der Waals surface area contributed by atoms with Crippen LogP contribution in [0.5, 0.6) is 0 Å². The third-order valence-corrected chi connectivity index (χ3v) is 3.23. The zero-order valence-corrected chi connectivity index (χ0v) is 13.4. The summed E-state index contributed by atoms with van der Waals surface area (Å²) in [5, 5.41) is 7.66. The maximum absolute atomic E-state index is 11.9. The minimum atomic E-state index is -0.192. The largest absolute Gasteiger partial charge is 0.320 e. The van der Waals surface area contributed by atoms with Crippen molar-refractivity contribution < 1.29 is 4.79 Å². The Kier molecular flexibility index (Phi) is 5.75. The van der Waals surface area contributed by atoms with Crippen molar-refractivity contribution in [3.8, 4) is 0 Å². The van der Waals surface area contributed by atoms with Gasteiger partial charge in [-0.3, -0.25) is 9.48 Å². The normalized spacial score (nSPS) is 11.3. The molecule has 1 N–H and O–H groups in total. The molecule has 2 aromatic rings. The molecule has 0 aliphatic heterocycles. The van der Waals surface area contributed by atoms with Crippen LogP contribution in [0, 0.1) is 0 Å².